The van der Waals surface area contributed by atoms with Crippen LogP contribution in [0.5, 0.6) is 0 Å². The maximum Gasteiger partial charge on any atom is 0.243 e. The van der Waals surface area contributed by atoms with Crippen LogP contribution in [0.4, 0.5) is 5.69 Å². The van der Waals surface area contributed by atoms with Crippen molar-refractivity contribution in [2.45, 2.75) is 78.9 Å². The number of nitrogens with one attached hydrogen (secondary N) is 1. The van der Waals surface area contributed by atoms with Crippen LogP contribution in [0, 0.1) is 13.8 Å². The van der Waals surface area contributed by atoms with Crippen molar-refractivity contribution in [3.63, 3.8) is 0 Å². The molecule has 0 aromatic heterocycles. The van der Waals surface area contributed by atoms with E-state index in [-0.39, 0.29) is 30.8 Å². The average Bonchev–Trinajstić information content (AvgIpc) is 2.80. The van der Waals surface area contributed by atoms with Crippen molar-refractivity contribution in [1.29, 1.82) is 0 Å². The van der Waals surface area contributed by atoms with E-state index in [4.69, 9.17) is 0 Å². The van der Waals surface area contributed by atoms with Gasteiger partial charge < -0.3 is 10.2 Å². The number of aryl methyl sites for hydroxylation is 2. The van der Waals surface area contributed by atoms with Gasteiger partial charge in [0.1, 0.15) is 6.04 Å². The molecular weight excluding hydrogens is 474 g/mol. The van der Waals surface area contributed by atoms with Crippen molar-refractivity contribution in [1.82, 2.24) is 10.2 Å². The Bertz CT molecular complexity index is 1100. The van der Waals surface area contributed by atoms with Gasteiger partial charge in [-0.05, 0) is 68.9 Å². The molecule has 198 valence electrons. The maximum absolute atomic E-state index is 13.5. The number of hydrogen-bond donors (Lipinski definition) is 1. The number of sulfonamides is 1. The Morgan fingerprint density at radius 1 is 0.972 bits per heavy atom. The predicted molar refractivity (Wildman–Crippen MR) is 146 cm³/mol. The van der Waals surface area contributed by atoms with Crippen LogP contribution >= 0.6 is 0 Å². The third kappa shape index (κ3) is 8.66. The summed E-state index contributed by atoms with van der Waals surface area (Å²) >= 11 is 0. The van der Waals surface area contributed by atoms with Crippen LogP contribution < -0.4 is 9.62 Å². The second-order valence-corrected chi connectivity index (χ2v) is 11.4. The molecule has 0 fully saturated rings. The van der Waals surface area contributed by atoms with Crippen LogP contribution in [0.15, 0.2) is 48.5 Å². The lowest BCUT2D eigenvalue weighted by atomic mass is 10.1. The van der Waals surface area contributed by atoms with E-state index >= 15 is 0 Å². The number of nitrogens with zero attached hydrogens (tertiary/aromatic N) is 2. The van der Waals surface area contributed by atoms with Crippen molar-refractivity contribution >= 4 is 27.5 Å². The zero-order valence-corrected chi connectivity index (χ0v) is 23.3. The SMILES string of the molecule is CC[C@@H](C)NC(=O)[C@H](CC)N(Cc1ccccc1)C(=O)CCCN(c1cc(C)cc(C)c1)S(C)(=O)=O. The van der Waals surface area contributed by atoms with Gasteiger partial charge in [0.15, 0.2) is 0 Å². The molecule has 2 amide bonds. The Labute approximate surface area is 216 Å². The van der Waals surface area contributed by atoms with E-state index in [1.807, 2.05) is 83.1 Å². The molecule has 8 heteroatoms. The Kier molecular flexibility index (Phi) is 11.0. The molecular formula is C28H41N3O4S. The highest BCUT2D eigenvalue weighted by Gasteiger charge is 2.29. The van der Waals surface area contributed by atoms with E-state index in [1.165, 1.54) is 10.6 Å². The van der Waals surface area contributed by atoms with Gasteiger partial charge in [-0.15, -0.1) is 0 Å². The zero-order valence-electron chi connectivity index (χ0n) is 22.5. The van der Waals surface area contributed by atoms with Gasteiger partial charge in [-0.25, -0.2) is 8.42 Å². The Hall–Kier alpha value is -2.87. The smallest absolute Gasteiger partial charge is 0.243 e. The summed E-state index contributed by atoms with van der Waals surface area (Å²) in [6.45, 7) is 10.2. The highest BCUT2D eigenvalue weighted by molar-refractivity contribution is 7.92. The van der Waals surface area contributed by atoms with E-state index in [0.29, 0.717) is 25.1 Å². The highest BCUT2D eigenvalue weighted by Crippen LogP contribution is 2.22. The van der Waals surface area contributed by atoms with Gasteiger partial charge in [-0.3, -0.25) is 13.9 Å². The quantitative estimate of drug-likeness (QED) is 0.423. The monoisotopic (exact) mass is 515 g/mol. The Morgan fingerprint density at radius 2 is 1.58 bits per heavy atom. The van der Waals surface area contributed by atoms with Crippen LogP contribution in [-0.2, 0) is 26.2 Å². The number of carbonyl (C=O) groups is 2. The van der Waals surface area contributed by atoms with Crippen molar-refractivity contribution in [2.24, 2.45) is 0 Å². The lowest BCUT2D eigenvalue weighted by Crippen LogP contribution is -2.50. The van der Waals surface area contributed by atoms with Gasteiger partial charge in [-0.2, -0.15) is 0 Å². The molecule has 2 atom stereocenters. The molecule has 0 heterocycles. The molecule has 0 spiro atoms. The lowest BCUT2D eigenvalue weighted by Gasteiger charge is -2.32. The second-order valence-electron chi connectivity index (χ2n) is 9.53. The molecule has 1 N–H and O–H groups in total. The lowest BCUT2D eigenvalue weighted by molar-refractivity contribution is -0.141. The molecule has 7 nitrogen and oxygen atoms in total. The summed E-state index contributed by atoms with van der Waals surface area (Å²) in [4.78, 5) is 28.1. The van der Waals surface area contributed by atoms with Gasteiger partial charge >= 0.3 is 0 Å². The number of benzene rings is 2. The fraction of sp³-hybridized carbons (Fsp3) is 0.500. The summed E-state index contributed by atoms with van der Waals surface area (Å²) < 4.78 is 26.5. The predicted octanol–water partition coefficient (Wildman–Crippen LogP) is 4.57. The van der Waals surface area contributed by atoms with Crippen molar-refractivity contribution < 1.29 is 18.0 Å². The molecule has 0 unspecified atom stereocenters. The minimum atomic E-state index is -3.52. The first-order chi connectivity index (χ1) is 17.0. The number of rotatable bonds is 13. The number of anilines is 1. The minimum absolute atomic E-state index is 0.0151. The number of carbonyl (C=O) groups excluding carboxylic acids is 2. The van der Waals surface area contributed by atoms with E-state index in [2.05, 4.69) is 5.32 Å². The molecule has 36 heavy (non-hydrogen) atoms. The first kappa shape index (κ1) is 29.4. The van der Waals surface area contributed by atoms with Crippen LogP contribution in [-0.4, -0.2) is 50.0 Å². The van der Waals surface area contributed by atoms with Gasteiger partial charge in [0.25, 0.3) is 0 Å². The zero-order chi connectivity index (χ0) is 26.9. The minimum Gasteiger partial charge on any atom is -0.352 e. The molecule has 0 aliphatic rings. The summed E-state index contributed by atoms with van der Waals surface area (Å²) in [6, 6.07) is 14.7. The van der Waals surface area contributed by atoms with Gasteiger partial charge in [0.2, 0.25) is 21.8 Å². The van der Waals surface area contributed by atoms with E-state index in [9.17, 15) is 18.0 Å². The fourth-order valence-corrected chi connectivity index (χ4v) is 5.19. The fourth-order valence-electron chi connectivity index (χ4n) is 4.24. The van der Waals surface area contributed by atoms with Gasteiger partial charge in [-0.1, -0.05) is 50.2 Å². The largest absolute Gasteiger partial charge is 0.352 e. The summed E-state index contributed by atoms with van der Waals surface area (Å²) in [5, 5.41) is 3.01. The first-order valence-corrected chi connectivity index (χ1v) is 14.5. The summed E-state index contributed by atoms with van der Waals surface area (Å²) in [5.74, 6) is -0.331. The number of amides is 2. The van der Waals surface area contributed by atoms with Gasteiger partial charge in [0, 0.05) is 25.6 Å². The third-order valence-electron chi connectivity index (χ3n) is 6.23. The van der Waals surface area contributed by atoms with Crippen molar-refractivity contribution in [3.05, 3.63) is 65.2 Å². The first-order valence-electron chi connectivity index (χ1n) is 12.7. The van der Waals surface area contributed by atoms with E-state index in [1.54, 1.807) is 4.90 Å². The molecule has 0 radical (unpaired) electrons. The van der Waals surface area contributed by atoms with Crippen LogP contribution in [0.25, 0.3) is 0 Å². The average molecular weight is 516 g/mol. The molecule has 2 rings (SSSR count). The standard InChI is InChI=1S/C28H41N3O4S/c1-7-23(5)29-28(33)26(8-2)30(20-24-13-10-9-11-14-24)27(32)15-12-16-31(36(6,34)35)25-18-21(3)17-22(4)19-25/h9-11,13-14,17-19,23,26H,7-8,12,15-16,20H2,1-6H3,(H,29,33)/t23-,26+/m1/s1. The Balaban J connectivity index is 2.22. The normalized spacial score (nSPS) is 13.1. The number of hydrogen-bond acceptors (Lipinski definition) is 4. The second kappa shape index (κ2) is 13.4. The van der Waals surface area contributed by atoms with Crippen LogP contribution in [0.3, 0.4) is 0 Å². The molecule has 0 aliphatic carbocycles. The topological polar surface area (TPSA) is 86.8 Å². The molecule has 2 aromatic carbocycles. The molecule has 0 bridgehead atoms. The van der Waals surface area contributed by atoms with Gasteiger partial charge in [0.05, 0.1) is 11.9 Å². The summed E-state index contributed by atoms with van der Waals surface area (Å²) in [5.41, 5.74) is 3.49. The van der Waals surface area contributed by atoms with Crippen LogP contribution in [0.1, 0.15) is 63.1 Å². The molecule has 0 saturated carbocycles. The van der Waals surface area contributed by atoms with Crippen LogP contribution in [0.2, 0.25) is 0 Å². The summed E-state index contributed by atoms with van der Waals surface area (Å²) in [7, 11) is -3.52. The maximum atomic E-state index is 13.5. The van der Waals surface area contributed by atoms with E-state index < -0.39 is 16.1 Å². The van der Waals surface area contributed by atoms with Crippen molar-refractivity contribution in [3.8, 4) is 0 Å². The van der Waals surface area contributed by atoms with Crippen molar-refractivity contribution in [2.75, 3.05) is 17.1 Å². The van der Waals surface area contributed by atoms with E-state index in [0.717, 1.165) is 23.1 Å². The highest BCUT2D eigenvalue weighted by atomic mass is 32.2. The summed E-state index contributed by atoms with van der Waals surface area (Å²) in [6.07, 6.45) is 2.94. The molecule has 0 aliphatic heterocycles. The molecule has 0 saturated heterocycles. The molecule has 2 aromatic rings. The Morgan fingerprint density at radius 3 is 2.11 bits per heavy atom. The third-order valence-corrected chi connectivity index (χ3v) is 7.42.